The van der Waals surface area contributed by atoms with Crippen molar-refractivity contribution in [2.75, 3.05) is 5.32 Å². The number of alkyl halides is 6. The number of carboxylic acid groups (broad SMARTS) is 2. The van der Waals surface area contributed by atoms with Gasteiger partial charge in [-0.05, 0) is 49.1 Å². The molecule has 0 aliphatic heterocycles. The number of carbonyl (C=O) groups is 2. The average molecular weight is 528 g/mol. The molecule has 8 nitrogen and oxygen atoms in total. The molecule has 4 N–H and O–H groups in total. The number of halogens is 6. The number of aryl methyl sites for hydroxylation is 1. The number of anilines is 1. The van der Waals surface area contributed by atoms with Crippen molar-refractivity contribution < 1.29 is 46.1 Å². The summed E-state index contributed by atoms with van der Waals surface area (Å²) in [5, 5.41) is 23.4. The Morgan fingerprint density at radius 1 is 1.03 bits per heavy atom. The van der Waals surface area contributed by atoms with E-state index in [2.05, 4.69) is 38.1 Å². The minimum absolute atomic E-state index is 0.547. The molecular formula is C20H22F6N4O4S. The van der Waals surface area contributed by atoms with Crippen molar-refractivity contribution in [3.63, 3.8) is 0 Å². The topological polar surface area (TPSA) is 124 Å². The van der Waals surface area contributed by atoms with Crippen molar-refractivity contribution in [3.05, 3.63) is 39.8 Å². The number of hydrogen-bond acceptors (Lipinski definition) is 7. The smallest absolute Gasteiger partial charge is 0.475 e. The molecule has 1 saturated carbocycles. The zero-order valence-corrected chi connectivity index (χ0v) is 18.8. The highest BCUT2D eigenvalue weighted by molar-refractivity contribution is 7.09. The molecule has 0 aromatic carbocycles. The summed E-state index contributed by atoms with van der Waals surface area (Å²) in [7, 11) is 0. The van der Waals surface area contributed by atoms with Crippen LogP contribution >= 0.6 is 11.3 Å². The Bertz CT molecular complexity index is 957. The van der Waals surface area contributed by atoms with Gasteiger partial charge in [0.15, 0.2) is 0 Å². The summed E-state index contributed by atoms with van der Waals surface area (Å²) in [5.74, 6) is -4.69. The molecule has 2 heterocycles. The van der Waals surface area contributed by atoms with Gasteiger partial charge >= 0.3 is 24.3 Å². The maximum atomic E-state index is 10.6. The first-order valence-electron chi connectivity index (χ1n) is 10.2. The van der Waals surface area contributed by atoms with E-state index in [1.165, 1.54) is 29.0 Å². The quantitative estimate of drug-likeness (QED) is 0.429. The van der Waals surface area contributed by atoms with Gasteiger partial charge in [0.05, 0.1) is 0 Å². The normalized spacial score (nSPS) is 17.1. The number of thiophene rings is 1. The maximum Gasteiger partial charge on any atom is 0.490 e. The Kier molecular flexibility index (Phi) is 9.82. The van der Waals surface area contributed by atoms with Crippen LogP contribution in [0.15, 0.2) is 23.7 Å². The van der Waals surface area contributed by atoms with Gasteiger partial charge in [0.2, 0.25) is 5.95 Å². The van der Waals surface area contributed by atoms with Crippen molar-refractivity contribution in [2.45, 2.75) is 63.1 Å². The van der Waals surface area contributed by atoms with Crippen molar-refractivity contribution in [2.24, 2.45) is 0 Å². The number of aliphatic carboxylic acids is 2. The lowest BCUT2D eigenvalue weighted by Crippen LogP contribution is -2.34. The van der Waals surface area contributed by atoms with E-state index in [1.54, 1.807) is 0 Å². The van der Waals surface area contributed by atoms with Crippen LogP contribution in [0, 0.1) is 0 Å². The number of aromatic nitrogens is 2. The highest BCUT2D eigenvalue weighted by Gasteiger charge is 2.38. The minimum atomic E-state index is -5.08. The average Bonchev–Trinajstić information content (AvgIpc) is 3.42. The second-order valence-corrected chi connectivity index (χ2v) is 8.62. The third kappa shape index (κ3) is 10.5. The summed E-state index contributed by atoms with van der Waals surface area (Å²) in [6.45, 7) is 0.972. The molecule has 2 aromatic heterocycles. The second-order valence-electron chi connectivity index (χ2n) is 7.59. The number of nitrogens with zero attached hydrogens (tertiary/aromatic N) is 2. The van der Waals surface area contributed by atoms with Gasteiger partial charge in [0.1, 0.15) is 0 Å². The fraction of sp³-hybridized carbons (Fsp3) is 0.500. The predicted octanol–water partition coefficient (Wildman–Crippen LogP) is 4.03. The first-order valence-corrected chi connectivity index (χ1v) is 11.1. The van der Waals surface area contributed by atoms with Gasteiger partial charge in [-0.25, -0.2) is 19.6 Å². The van der Waals surface area contributed by atoms with E-state index in [1.807, 2.05) is 17.5 Å². The maximum absolute atomic E-state index is 10.6. The Morgan fingerprint density at radius 2 is 1.63 bits per heavy atom. The van der Waals surface area contributed by atoms with Gasteiger partial charge in [-0.15, -0.1) is 11.3 Å². The van der Waals surface area contributed by atoms with E-state index in [0.717, 1.165) is 31.8 Å². The highest BCUT2D eigenvalue weighted by atomic mass is 32.1. The molecule has 2 aromatic rings. The van der Waals surface area contributed by atoms with Crippen LogP contribution in [0.3, 0.4) is 0 Å². The van der Waals surface area contributed by atoms with E-state index in [9.17, 15) is 26.3 Å². The van der Waals surface area contributed by atoms with Crippen LogP contribution in [-0.4, -0.2) is 56.6 Å². The van der Waals surface area contributed by atoms with E-state index >= 15 is 0 Å². The highest BCUT2D eigenvalue weighted by Crippen LogP contribution is 2.25. The molecule has 0 radical (unpaired) electrons. The van der Waals surface area contributed by atoms with E-state index in [0.29, 0.717) is 12.1 Å². The third-order valence-corrected chi connectivity index (χ3v) is 5.57. The van der Waals surface area contributed by atoms with E-state index < -0.39 is 24.3 Å². The zero-order valence-electron chi connectivity index (χ0n) is 18.0. The number of fused-ring (bicyclic) bond motifs is 1. The van der Waals surface area contributed by atoms with Crippen molar-refractivity contribution >= 4 is 29.2 Å². The van der Waals surface area contributed by atoms with Crippen molar-refractivity contribution in [3.8, 4) is 0 Å². The standard InChI is InChI=1S/C16H20N4S.2C2HF3O2/c1-2-14(21-7-1)10-17-13-5-6-15-11(8-13)9-18-16(20-15)19-12-3-4-12;2*3-2(4,5)1(6)7/h1-2,7,9,12-13,17H,3-6,8,10H2,(H,18,19,20);2*(H,6,7). The van der Waals surface area contributed by atoms with Gasteiger partial charge in [-0.1, -0.05) is 6.07 Å². The van der Waals surface area contributed by atoms with Gasteiger partial charge in [0, 0.05) is 35.4 Å². The number of carboxylic acids is 2. The predicted molar refractivity (Wildman–Crippen MR) is 113 cm³/mol. The number of rotatable bonds is 5. The molecule has 1 unspecified atom stereocenters. The molecule has 2 aliphatic carbocycles. The molecule has 15 heteroatoms. The largest absolute Gasteiger partial charge is 0.490 e. The van der Waals surface area contributed by atoms with Crippen molar-refractivity contribution in [1.82, 2.24) is 15.3 Å². The van der Waals surface area contributed by atoms with Crippen LogP contribution in [0.2, 0.25) is 0 Å². The van der Waals surface area contributed by atoms with E-state index in [-0.39, 0.29) is 0 Å². The second kappa shape index (κ2) is 12.2. The summed E-state index contributed by atoms with van der Waals surface area (Å²) in [4.78, 5) is 28.4. The Hall–Kier alpha value is -2.94. The Labute approximate surface area is 199 Å². The molecule has 0 bridgehead atoms. The molecule has 4 rings (SSSR count). The van der Waals surface area contributed by atoms with E-state index in [4.69, 9.17) is 19.8 Å². The van der Waals surface area contributed by atoms with Crippen LogP contribution in [-0.2, 0) is 29.0 Å². The summed E-state index contributed by atoms with van der Waals surface area (Å²) in [6, 6.07) is 5.46. The molecule has 1 atom stereocenters. The molecule has 35 heavy (non-hydrogen) atoms. The Balaban J connectivity index is 0.000000257. The lowest BCUT2D eigenvalue weighted by atomic mass is 9.93. The fourth-order valence-electron chi connectivity index (χ4n) is 2.82. The van der Waals surface area contributed by atoms with Gasteiger partial charge < -0.3 is 20.8 Å². The lowest BCUT2D eigenvalue weighted by molar-refractivity contribution is -0.193. The molecule has 2 aliphatic rings. The molecular weight excluding hydrogens is 506 g/mol. The first kappa shape index (κ1) is 28.3. The fourth-order valence-corrected chi connectivity index (χ4v) is 3.48. The van der Waals surface area contributed by atoms with Crippen LogP contribution < -0.4 is 10.6 Å². The van der Waals surface area contributed by atoms with Crippen LogP contribution in [0.5, 0.6) is 0 Å². The first-order chi connectivity index (χ1) is 16.3. The number of hydrogen-bond donors (Lipinski definition) is 4. The Morgan fingerprint density at radius 3 is 2.11 bits per heavy atom. The summed E-state index contributed by atoms with van der Waals surface area (Å²) < 4.78 is 63.5. The monoisotopic (exact) mass is 528 g/mol. The minimum Gasteiger partial charge on any atom is -0.475 e. The molecule has 0 amide bonds. The SMILES string of the molecule is O=C(O)C(F)(F)F.O=C(O)C(F)(F)F.c1csc(CNC2CCc3nc(NC4CC4)ncc3C2)c1. The molecule has 0 saturated heterocycles. The summed E-state index contributed by atoms with van der Waals surface area (Å²) in [5.41, 5.74) is 2.55. The van der Waals surface area contributed by atoms with Gasteiger partial charge in [-0.3, -0.25) is 0 Å². The molecule has 1 fully saturated rings. The summed E-state index contributed by atoms with van der Waals surface area (Å²) in [6.07, 6.45) is -2.36. The van der Waals surface area contributed by atoms with Crippen molar-refractivity contribution in [1.29, 1.82) is 0 Å². The molecule has 0 spiro atoms. The number of nitrogens with one attached hydrogen (secondary N) is 2. The van der Waals surface area contributed by atoms with Gasteiger partial charge in [-0.2, -0.15) is 26.3 Å². The van der Waals surface area contributed by atoms with Crippen LogP contribution in [0.25, 0.3) is 0 Å². The van der Waals surface area contributed by atoms with Crippen LogP contribution in [0.4, 0.5) is 32.3 Å². The lowest BCUT2D eigenvalue weighted by Gasteiger charge is -2.24. The summed E-state index contributed by atoms with van der Waals surface area (Å²) >= 11 is 1.82. The zero-order chi connectivity index (χ0) is 26.2. The van der Waals surface area contributed by atoms with Gasteiger partial charge in [0.25, 0.3) is 0 Å². The molecule has 194 valence electrons. The third-order valence-electron chi connectivity index (χ3n) is 4.69. The van der Waals surface area contributed by atoms with Crippen LogP contribution in [0.1, 0.15) is 35.4 Å².